The van der Waals surface area contributed by atoms with Crippen molar-refractivity contribution in [2.45, 2.75) is 38.5 Å². The Kier molecular flexibility index (Phi) is 5.73. The number of β-amino-alcohol motifs (C(OH)–C–C–N with tert-alkyl or cyclic N) is 1. The molecule has 152 valence electrons. The first-order valence-electron chi connectivity index (χ1n) is 9.78. The highest BCUT2D eigenvalue weighted by molar-refractivity contribution is 5.82. The number of rotatable bonds is 7. The maximum atomic E-state index is 12.7. The standard InChI is InChI=1S/C21H25N5O3/c1-14-8-19(29-25-14)6-7-26-13-18(27)9-20(26)21(28)22-10-15-2-4-16(5-3-15)17-11-23-24-12-17/h2-5,8,11-12,18,20,27H,6-7,9-10,13H2,1H3,(H,22,28)(H,23,24)/t18-,20+/m1/s1. The van der Waals surface area contributed by atoms with Gasteiger partial charge in [-0.2, -0.15) is 5.10 Å². The van der Waals surface area contributed by atoms with Crippen LogP contribution in [0, 0.1) is 6.92 Å². The number of H-pyrrole nitrogens is 1. The first-order chi connectivity index (χ1) is 14.1. The molecule has 0 unspecified atom stereocenters. The first kappa shape index (κ1) is 19.4. The van der Waals surface area contributed by atoms with Crippen molar-refractivity contribution in [1.29, 1.82) is 0 Å². The number of nitrogens with one attached hydrogen (secondary N) is 2. The number of nitrogens with zero attached hydrogens (tertiary/aromatic N) is 3. The molecule has 8 heteroatoms. The van der Waals surface area contributed by atoms with Crippen molar-refractivity contribution in [1.82, 2.24) is 25.6 Å². The number of likely N-dealkylation sites (tertiary alicyclic amines) is 1. The van der Waals surface area contributed by atoms with Crippen molar-refractivity contribution >= 4 is 5.91 Å². The number of benzene rings is 1. The van der Waals surface area contributed by atoms with Gasteiger partial charge in [0.25, 0.3) is 0 Å². The lowest BCUT2D eigenvalue weighted by molar-refractivity contribution is -0.125. The van der Waals surface area contributed by atoms with Crippen molar-refractivity contribution in [3.8, 4) is 11.1 Å². The highest BCUT2D eigenvalue weighted by atomic mass is 16.5. The zero-order valence-electron chi connectivity index (χ0n) is 16.3. The lowest BCUT2D eigenvalue weighted by Gasteiger charge is -2.22. The molecule has 1 aromatic carbocycles. The Labute approximate surface area is 168 Å². The number of aryl methyl sites for hydroxylation is 1. The van der Waals surface area contributed by atoms with Gasteiger partial charge >= 0.3 is 0 Å². The number of amides is 1. The Morgan fingerprint density at radius 1 is 1.34 bits per heavy atom. The molecule has 29 heavy (non-hydrogen) atoms. The molecule has 0 bridgehead atoms. The molecule has 1 amide bonds. The summed E-state index contributed by atoms with van der Waals surface area (Å²) >= 11 is 0. The van der Waals surface area contributed by atoms with Crippen LogP contribution in [-0.4, -0.2) is 56.5 Å². The molecular weight excluding hydrogens is 370 g/mol. The minimum Gasteiger partial charge on any atom is -0.392 e. The largest absolute Gasteiger partial charge is 0.392 e. The number of carbonyl (C=O) groups excluding carboxylic acids is 1. The second-order valence-electron chi connectivity index (χ2n) is 7.49. The molecule has 1 fully saturated rings. The SMILES string of the molecule is Cc1cc(CCN2C[C@H](O)C[C@H]2C(=O)NCc2ccc(-c3cn[nH]c3)cc2)on1. The van der Waals surface area contributed by atoms with E-state index in [1.807, 2.05) is 48.4 Å². The fraction of sp³-hybridized carbons (Fsp3) is 0.381. The number of aromatic nitrogens is 3. The van der Waals surface area contributed by atoms with Crippen LogP contribution >= 0.6 is 0 Å². The Hall–Kier alpha value is -2.97. The summed E-state index contributed by atoms with van der Waals surface area (Å²) in [6, 6.07) is 9.58. The number of aliphatic hydroxyl groups is 1. The van der Waals surface area contributed by atoms with Crippen LogP contribution in [0.5, 0.6) is 0 Å². The summed E-state index contributed by atoms with van der Waals surface area (Å²) in [6.45, 7) is 3.46. The fourth-order valence-electron chi connectivity index (χ4n) is 3.72. The summed E-state index contributed by atoms with van der Waals surface area (Å²) in [5.41, 5.74) is 3.96. The van der Waals surface area contributed by atoms with Crippen LogP contribution < -0.4 is 5.32 Å². The molecule has 3 heterocycles. The number of carbonyl (C=O) groups is 1. The molecule has 1 aliphatic heterocycles. The van der Waals surface area contributed by atoms with Gasteiger partial charge in [0, 0.05) is 43.9 Å². The summed E-state index contributed by atoms with van der Waals surface area (Å²) in [5.74, 6) is 0.731. The Bertz CT molecular complexity index is 936. The second kappa shape index (κ2) is 8.59. The third kappa shape index (κ3) is 4.72. The van der Waals surface area contributed by atoms with Crippen molar-refractivity contribution in [3.05, 3.63) is 59.7 Å². The normalized spacial score (nSPS) is 19.5. The van der Waals surface area contributed by atoms with E-state index in [0.29, 0.717) is 32.5 Å². The van der Waals surface area contributed by atoms with Gasteiger partial charge in [0.1, 0.15) is 5.76 Å². The quantitative estimate of drug-likeness (QED) is 0.562. The summed E-state index contributed by atoms with van der Waals surface area (Å²) in [5, 5.41) is 23.7. The average Bonchev–Trinajstić information content (AvgIpc) is 3.46. The van der Waals surface area contributed by atoms with Gasteiger partial charge in [0.2, 0.25) is 5.91 Å². The molecule has 0 radical (unpaired) electrons. The molecule has 1 aliphatic rings. The number of hydrogen-bond donors (Lipinski definition) is 3. The van der Waals surface area contributed by atoms with Crippen molar-refractivity contribution < 1.29 is 14.4 Å². The monoisotopic (exact) mass is 395 g/mol. The summed E-state index contributed by atoms with van der Waals surface area (Å²) in [4.78, 5) is 14.7. The predicted molar refractivity (Wildman–Crippen MR) is 107 cm³/mol. The van der Waals surface area contributed by atoms with Crippen LogP contribution in [0.15, 0.2) is 47.2 Å². The van der Waals surface area contributed by atoms with Gasteiger partial charge in [-0.1, -0.05) is 29.4 Å². The smallest absolute Gasteiger partial charge is 0.237 e. The molecule has 3 aromatic rings. The summed E-state index contributed by atoms with van der Waals surface area (Å²) in [7, 11) is 0. The molecule has 0 spiro atoms. The van der Waals surface area contributed by atoms with Gasteiger partial charge in [-0.3, -0.25) is 14.8 Å². The molecule has 0 saturated carbocycles. The average molecular weight is 395 g/mol. The van der Waals surface area contributed by atoms with Gasteiger partial charge in [-0.25, -0.2) is 0 Å². The van der Waals surface area contributed by atoms with E-state index in [0.717, 1.165) is 28.1 Å². The van der Waals surface area contributed by atoms with E-state index >= 15 is 0 Å². The van der Waals surface area contributed by atoms with Crippen molar-refractivity contribution in [2.75, 3.05) is 13.1 Å². The molecule has 8 nitrogen and oxygen atoms in total. The lowest BCUT2D eigenvalue weighted by Crippen LogP contribution is -2.43. The molecule has 4 rings (SSSR count). The van der Waals surface area contributed by atoms with Crippen LogP contribution in [0.1, 0.15) is 23.4 Å². The first-order valence-corrected chi connectivity index (χ1v) is 9.78. The van der Waals surface area contributed by atoms with Crippen LogP contribution in [0.25, 0.3) is 11.1 Å². The molecule has 3 N–H and O–H groups in total. The second-order valence-corrected chi connectivity index (χ2v) is 7.49. The molecule has 1 saturated heterocycles. The molecular formula is C21H25N5O3. The van der Waals surface area contributed by atoms with Gasteiger partial charge in [0.15, 0.2) is 0 Å². The van der Waals surface area contributed by atoms with E-state index in [4.69, 9.17) is 4.52 Å². The predicted octanol–water partition coefficient (Wildman–Crippen LogP) is 1.67. The Balaban J connectivity index is 1.31. The number of aliphatic hydroxyl groups excluding tert-OH is 1. The van der Waals surface area contributed by atoms with E-state index in [2.05, 4.69) is 20.7 Å². The van der Waals surface area contributed by atoms with E-state index in [-0.39, 0.29) is 11.9 Å². The summed E-state index contributed by atoms with van der Waals surface area (Å²) < 4.78 is 5.24. The zero-order valence-corrected chi connectivity index (χ0v) is 16.3. The van der Waals surface area contributed by atoms with Crippen LogP contribution in [0.4, 0.5) is 0 Å². The zero-order chi connectivity index (χ0) is 20.2. The topological polar surface area (TPSA) is 107 Å². The van der Waals surface area contributed by atoms with E-state index in [1.165, 1.54) is 0 Å². The van der Waals surface area contributed by atoms with Crippen LogP contribution in [-0.2, 0) is 17.8 Å². The highest BCUT2D eigenvalue weighted by Crippen LogP contribution is 2.20. The molecule has 2 aromatic heterocycles. The van der Waals surface area contributed by atoms with Crippen LogP contribution in [0.2, 0.25) is 0 Å². The number of aromatic amines is 1. The third-order valence-corrected chi connectivity index (χ3v) is 5.26. The molecule has 0 aliphatic carbocycles. The molecule has 2 atom stereocenters. The maximum Gasteiger partial charge on any atom is 0.237 e. The number of hydrogen-bond acceptors (Lipinski definition) is 6. The highest BCUT2D eigenvalue weighted by Gasteiger charge is 2.35. The van der Waals surface area contributed by atoms with Gasteiger partial charge in [-0.15, -0.1) is 0 Å². The Morgan fingerprint density at radius 3 is 2.86 bits per heavy atom. The lowest BCUT2D eigenvalue weighted by atomic mass is 10.1. The third-order valence-electron chi connectivity index (χ3n) is 5.26. The summed E-state index contributed by atoms with van der Waals surface area (Å²) in [6.07, 6.45) is 4.23. The van der Waals surface area contributed by atoms with E-state index < -0.39 is 6.10 Å². The minimum atomic E-state index is -0.489. The van der Waals surface area contributed by atoms with Gasteiger partial charge in [-0.05, 0) is 24.5 Å². The maximum absolute atomic E-state index is 12.7. The van der Waals surface area contributed by atoms with Gasteiger partial charge in [0.05, 0.1) is 24.0 Å². The minimum absolute atomic E-state index is 0.0609. The van der Waals surface area contributed by atoms with E-state index in [1.54, 1.807) is 6.20 Å². The van der Waals surface area contributed by atoms with Crippen LogP contribution in [0.3, 0.4) is 0 Å². The Morgan fingerprint density at radius 2 is 2.17 bits per heavy atom. The fourth-order valence-corrected chi connectivity index (χ4v) is 3.72. The van der Waals surface area contributed by atoms with Crippen molar-refractivity contribution in [3.63, 3.8) is 0 Å². The van der Waals surface area contributed by atoms with E-state index in [9.17, 15) is 9.90 Å². The van der Waals surface area contributed by atoms with Gasteiger partial charge < -0.3 is 14.9 Å². The van der Waals surface area contributed by atoms with Crippen molar-refractivity contribution in [2.24, 2.45) is 0 Å².